The molecule has 0 bridgehead atoms. The predicted octanol–water partition coefficient (Wildman–Crippen LogP) is 5.22. The summed E-state index contributed by atoms with van der Waals surface area (Å²) < 4.78 is 27.1. The number of nitrogens with zero attached hydrogens (tertiary/aromatic N) is 2. The number of hydrogen-bond acceptors (Lipinski definition) is 4. The van der Waals surface area contributed by atoms with E-state index in [9.17, 15) is 18.0 Å². The van der Waals surface area contributed by atoms with Crippen molar-refractivity contribution in [3.8, 4) is 0 Å². The molecule has 0 fully saturated rings. The van der Waals surface area contributed by atoms with Crippen LogP contribution in [0.5, 0.6) is 0 Å². The van der Waals surface area contributed by atoms with E-state index in [4.69, 9.17) is 11.6 Å². The van der Waals surface area contributed by atoms with Crippen molar-refractivity contribution in [2.24, 2.45) is 0 Å². The summed E-state index contributed by atoms with van der Waals surface area (Å²) in [5.41, 5.74) is 2.87. The third kappa shape index (κ3) is 8.57. The van der Waals surface area contributed by atoms with E-state index in [-0.39, 0.29) is 24.9 Å². The van der Waals surface area contributed by atoms with Crippen LogP contribution in [0.15, 0.2) is 78.9 Å². The summed E-state index contributed by atoms with van der Waals surface area (Å²) in [6.45, 7) is 5.45. The Labute approximate surface area is 243 Å². The van der Waals surface area contributed by atoms with Crippen LogP contribution in [-0.4, -0.2) is 50.0 Å². The number of benzene rings is 3. The van der Waals surface area contributed by atoms with Crippen LogP contribution in [-0.2, 0) is 39.0 Å². The summed E-state index contributed by atoms with van der Waals surface area (Å²) in [6, 6.07) is 22.7. The number of aryl methyl sites for hydroxylation is 1. The van der Waals surface area contributed by atoms with Crippen LogP contribution in [0.1, 0.15) is 43.9 Å². The standard InChI is InChI=1S/C31H38ClN3O4S/c1-5-23(3)33-31(37)29(20-24-13-8-7-9-14-24)34(21-25-15-12-17-27(32)19-25)30(36)22-35(40(4,38)39)28-18-11-10-16-26(28)6-2/h7-19,23,29H,5-6,20-22H2,1-4H3,(H,33,37)/t23-,29+/m1/s1. The van der Waals surface area contributed by atoms with Crippen LogP contribution in [0.2, 0.25) is 5.02 Å². The second kappa shape index (κ2) is 14.3. The first-order valence-electron chi connectivity index (χ1n) is 13.5. The number of halogens is 1. The first kappa shape index (κ1) is 31.2. The van der Waals surface area contributed by atoms with Gasteiger partial charge in [-0.15, -0.1) is 0 Å². The molecule has 7 nitrogen and oxygen atoms in total. The molecule has 0 spiro atoms. The summed E-state index contributed by atoms with van der Waals surface area (Å²) in [5, 5.41) is 3.53. The third-order valence-corrected chi connectivity index (χ3v) is 8.20. The minimum absolute atomic E-state index is 0.0812. The van der Waals surface area contributed by atoms with Gasteiger partial charge in [0.05, 0.1) is 11.9 Å². The zero-order chi connectivity index (χ0) is 29.3. The maximum Gasteiger partial charge on any atom is 0.244 e. The highest BCUT2D eigenvalue weighted by molar-refractivity contribution is 7.92. The highest BCUT2D eigenvalue weighted by Gasteiger charge is 2.33. The molecule has 3 rings (SSSR count). The fraction of sp³-hybridized carbons (Fsp3) is 0.355. The lowest BCUT2D eigenvalue weighted by atomic mass is 10.0. The fourth-order valence-corrected chi connectivity index (χ4v) is 5.57. The van der Waals surface area contributed by atoms with Gasteiger partial charge in [0.25, 0.3) is 0 Å². The molecule has 2 atom stereocenters. The highest BCUT2D eigenvalue weighted by atomic mass is 35.5. The largest absolute Gasteiger partial charge is 0.352 e. The quantitative estimate of drug-likeness (QED) is 0.299. The molecule has 3 aromatic rings. The molecule has 0 aliphatic heterocycles. The molecular formula is C31H38ClN3O4S. The number of amides is 2. The number of anilines is 1. The zero-order valence-corrected chi connectivity index (χ0v) is 25.1. The topological polar surface area (TPSA) is 86.8 Å². The molecule has 3 aromatic carbocycles. The van der Waals surface area contributed by atoms with Gasteiger partial charge in [0, 0.05) is 24.0 Å². The van der Waals surface area contributed by atoms with Crippen molar-refractivity contribution in [3.63, 3.8) is 0 Å². The number of nitrogens with one attached hydrogen (secondary N) is 1. The lowest BCUT2D eigenvalue weighted by Gasteiger charge is -2.34. The molecule has 0 saturated heterocycles. The Kier molecular flexibility index (Phi) is 11.2. The Morgan fingerprint density at radius 1 is 0.925 bits per heavy atom. The van der Waals surface area contributed by atoms with E-state index < -0.39 is 28.5 Å². The molecule has 2 amide bonds. The SMILES string of the molecule is CCc1ccccc1N(CC(=O)N(Cc1cccc(Cl)c1)[C@@H](Cc1ccccc1)C(=O)N[C@H](C)CC)S(C)(=O)=O. The van der Waals surface area contributed by atoms with Gasteiger partial charge in [0.1, 0.15) is 12.6 Å². The van der Waals surface area contributed by atoms with Gasteiger partial charge in [-0.3, -0.25) is 13.9 Å². The second-order valence-electron chi connectivity index (χ2n) is 9.93. The van der Waals surface area contributed by atoms with Crippen molar-refractivity contribution in [1.82, 2.24) is 10.2 Å². The summed E-state index contributed by atoms with van der Waals surface area (Å²) in [5.74, 6) is -0.787. The molecule has 0 unspecified atom stereocenters. The van der Waals surface area contributed by atoms with Crippen molar-refractivity contribution in [2.75, 3.05) is 17.1 Å². The van der Waals surface area contributed by atoms with Crippen LogP contribution < -0.4 is 9.62 Å². The number of para-hydroxylation sites is 1. The Hall–Kier alpha value is -3.36. The number of sulfonamides is 1. The fourth-order valence-electron chi connectivity index (χ4n) is 4.47. The minimum Gasteiger partial charge on any atom is -0.352 e. The number of carbonyl (C=O) groups excluding carboxylic acids is 2. The van der Waals surface area contributed by atoms with Crippen LogP contribution >= 0.6 is 11.6 Å². The summed E-state index contributed by atoms with van der Waals surface area (Å²) in [6.07, 6.45) is 2.67. The molecule has 0 radical (unpaired) electrons. The van der Waals surface area contributed by atoms with Gasteiger partial charge < -0.3 is 10.2 Å². The molecule has 0 aliphatic rings. The van der Waals surface area contributed by atoms with Gasteiger partial charge >= 0.3 is 0 Å². The number of carbonyl (C=O) groups is 2. The molecule has 1 N–H and O–H groups in total. The summed E-state index contributed by atoms with van der Waals surface area (Å²) in [4.78, 5) is 29.3. The molecule has 0 aromatic heterocycles. The van der Waals surface area contributed by atoms with Gasteiger partial charge in [-0.2, -0.15) is 0 Å². The van der Waals surface area contributed by atoms with Crippen LogP contribution in [0, 0.1) is 0 Å². The van der Waals surface area contributed by atoms with Crippen molar-refractivity contribution in [2.45, 2.75) is 58.7 Å². The van der Waals surface area contributed by atoms with Gasteiger partial charge in [0.15, 0.2) is 0 Å². The molecule has 0 heterocycles. The highest BCUT2D eigenvalue weighted by Crippen LogP contribution is 2.25. The second-order valence-corrected chi connectivity index (χ2v) is 12.3. The van der Waals surface area contributed by atoms with E-state index in [1.54, 1.807) is 30.3 Å². The maximum atomic E-state index is 14.2. The van der Waals surface area contributed by atoms with Crippen molar-refractivity contribution in [3.05, 3.63) is 101 Å². The molecular weight excluding hydrogens is 546 g/mol. The Morgan fingerprint density at radius 3 is 2.20 bits per heavy atom. The molecule has 0 aliphatic carbocycles. The minimum atomic E-state index is -3.82. The molecule has 214 valence electrons. The normalized spacial score (nSPS) is 12.8. The third-order valence-electron chi connectivity index (χ3n) is 6.83. The van der Waals surface area contributed by atoms with Gasteiger partial charge in [-0.05, 0) is 54.7 Å². The Balaban J connectivity index is 2.08. The van der Waals surface area contributed by atoms with Crippen molar-refractivity contribution in [1.29, 1.82) is 0 Å². The first-order valence-corrected chi connectivity index (χ1v) is 15.7. The van der Waals surface area contributed by atoms with E-state index in [1.165, 1.54) is 4.90 Å². The molecule has 40 heavy (non-hydrogen) atoms. The van der Waals surface area contributed by atoms with E-state index >= 15 is 0 Å². The Morgan fingerprint density at radius 2 is 1.57 bits per heavy atom. The van der Waals surface area contributed by atoms with Gasteiger partial charge in [-0.1, -0.05) is 86.1 Å². The molecule has 0 saturated carbocycles. The number of hydrogen-bond donors (Lipinski definition) is 1. The summed E-state index contributed by atoms with van der Waals surface area (Å²) in [7, 11) is -3.82. The van der Waals surface area contributed by atoms with Gasteiger partial charge in [-0.25, -0.2) is 8.42 Å². The zero-order valence-electron chi connectivity index (χ0n) is 23.5. The van der Waals surface area contributed by atoms with E-state index in [0.29, 0.717) is 17.1 Å². The van der Waals surface area contributed by atoms with E-state index in [1.807, 2.05) is 69.3 Å². The lowest BCUT2D eigenvalue weighted by Crippen LogP contribution is -2.54. The van der Waals surface area contributed by atoms with E-state index in [0.717, 1.165) is 33.7 Å². The van der Waals surface area contributed by atoms with Crippen LogP contribution in [0.25, 0.3) is 0 Å². The lowest BCUT2D eigenvalue weighted by molar-refractivity contribution is -0.140. The van der Waals surface area contributed by atoms with Gasteiger partial charge in [0.2, 0.25) is 21.8 Å². The smallest absolute Gasteiger partial charge is 0.244 e. The van der Waals surface area contributed by atoms with Crippen LogP contribution in [0.3, 0.4) is 0 Å². The van der Waals surface area contributed by atoms with E-state index in [2.05, 4.69) is 5.32 Å². The molecule has 9 heteroatoms. The van der Waals surface area contributed by atoms with Crippen LogP contribution in [0.4, 0.5) is 5.69 Å². The monoisotopic (exact) mass is 583 g/mol. The van der Waals surface area contributed by atoms with Crippen molar-refractivity contribution < 1.29 is 18.0 Å². The summed E-state index contributed by atoms with van der Waals surface area (Å²) >= 11 is 6.25. The Bertz CT molecular complexity index is 1400. The first-order chi connectivity index (χ1) is 19.0. The average molecular weight is 584 g/mol. The predicted molar refractivity (Wildman–Crippen MR) is 162 cm³/mol. The average Bonchev–Trinajstić information content (AvgIpc) is 2.93. The maximum absolute atomic E-state index is 14.2. The van der Waals surface area contributed by atoms with Crippen molar-refractivity contribution >= 4 is 39.1 Å². The number of rotatable bonds is 13.